The van der Waals surface area contributed by atoms with Gasteiger partial charge in [0, 0.05) is 50.6 Å². The summed E-state index contributed by atoms with van der Waals surface area (Å²) in [7, 11) is 0. The number of fused-ring (bicyclic) bond motifs is 2. The van der Waals surface area contributed by atoms with Gasteiger partial charge in [-0.1, -0.05) is 24.3 Å². The second-order valence-corrected chi connectivity index (χ2v) is 15.2. The number of anilines is 2. The molecule has 2 saturated heterocycles. The summed E-state index contributed by atoms with van der Waals surface area (Å²) in [6, 6.07) is 15.1. The fourth-order valence-corrected chi connectivity index (χ4v) is 8.05. The lowest BCUT2D eigenvalue weighted by atomic mass is 10.0. The van der Waals surface area contributed by atoms with Gasteiger partial charge in [0.1, 0.15) is 22.7 Å². The largest absolute Gasteiger partial charge is 0.478 e. The number of nitrogens with zero attached hydrogens (tertiary/aromatic N) is 6. The SMILES string of the molecule is Cc1c(Cn2c(C)nc3c(C(=O)O)cc(N4CCOCC4)cc32)cccc1C(F)(F)F.Cc1c(Cn2c(C)nc3c(C(=O)O)cc(N4CCOCC4)cc32)cccc1C(F)(F)F. The van der Waals surface area contributed by atoms with Crippen molar-refractivity contribution in [3.63, 3.8) is 0 Å². The number of imidazole rings is 2. The average molecular weight is 867 g/mol. The van der Waals surface area contributed by atoms with Gasteiger partial charge < -0.3 is 38.6 Å². The van der Waals surface area contributed by atoms with Gasteiger partial charge in [-0.25, -0.2) is 19.6 Å². The van der Waals surface area contributed by atoms with E-state index in [1.54, 1.807) is 47.2 Å². The van der Waals surface area contributed by atoms with Crippen molar-refractivity contribution in [3.05, 3.63) is 117 Å². The van der Waals surface area contributed by atoms with Crippen LogP contribution < -0.4 is 9.80 Å². The van der Waals surface area contributed by atoms with Crippen molar-refractivity contribution in [2.24, 2.45) is 0 Å². The summed E-state index contributed by atoms with van der Waals surface area (Å²) in [5.74, 6) is -1.12. The smallest absolute Gasteiger partial charge is 0.416 e. The van der Waals surface area contributed by atoms with Crippen LogP contribution in [0.25, 0.3) is 22.1 Å². The lowest BCUT2D eigenvalue weighted by Gasteiger charge is -2.29. The Hall–Kier alpha value is -6.14. The van der Waals surface area contributed by atoms with E-state index in [1.165, 1.54) is 26.0 Å². The first-order valence-corrected chi connectivity index (χ1v) is 19.8. The third-order valence-electron chi connectivity index (χ3n) is 11.4. The van der Waals surface area contributed by atoms with Crippen molar-refractivity contribution in [3.8, 4) is 0 Å². The van der Waals surface area contributed by atoms with Crippen LogP contribution in [-0.2, 0) is 34.9 Å². The van der Waals surface area contributed by atoms with Gasteiger partial charge in [0.05, 0.1) is 59.7 Å². The van der Waals surface area contributed by atoms with Gasteiger partial charge in [-0.05, 0) is 86.3 Å². The third kappa shape index (κ3) is 8.92. The Kier molecular flexibility index (Phi) is 12.3. The maximum Gasteiger partial charge on any atom is 0.416 e. The van der Waals surface area contributed by atoms with Crippen LogP contribution in [0.4, 0.5) is 37.7 Å². The van der Waals surface area contributed by atoms with Gasteiger partial charge in [-0.2, -0.15) is 26.3 Å². The van der Waals surface area contributed by atoms with Crippen LogP contribution in [0.3, 0.4) is 0 Å². The van der Waals surface area contributed by atoms with E-state index in [0.29, 0.717) is 97.4 Å². The van der Waals surface area contributed by atoms with Crippen molar-refractivity contribution in [2.75, 3.05) is 62.4 Å². The first kappa shape index (κ1) is 43.9. The predicted octanol–water partition coefficient (Wildman–Crippen LogP) is 8.51. The van der Waals surface area contributed by atoms with Crippen LogP contribution >= 0.6 is 0 Å². The number of benzene rings is 4. The number of rotatable bonds is 8. The highest BCUT2D eigenvalue weighted by atomic mass is 19.4. The van der Waals surface area contributed by atoms with Crippen molar-refractivity contribution in [1.82, 2.24) is 19.1 Å². The van der Waals surface area contributed by atoms with Crippen molar-refractivity contribution in [1.29, 1.82) is 0 Å². The molecule has 0 unspecified atom stereocenters. The molecule has 0 aliphatic carbocycles. The minimum Gasteiger partial charge on any atom is -0.478 e. The predicted molar refractivity (Wildman–Crippen MR) is 219 cm³/mol. The molecule has 0 spiro atoms. The minimum atomic E-state index is -4.44. The van der Waals surface area contributed by atoms with E-state index in [-0.39, 0.29) is 35.3 Å². The highest BCUT2D eigenvalue weighted by Gasteiger charge is 2.34. The number of alkyl halides is 6. The van der Waals surface area contributed by atoms with Gasteiger partial charge in [0.2, 0.25) is 0 Å². The van der Waals surface area contributed by atoms with Crippen LogP contribution in [0.2, 0.25) is 0 Å². The van der Waals surface area contributed by atoms with E-state index in [0.717, 1.165) is 23.5 Å². The number of hydrogen-bond donors (Lipinski definition) is 2. The molecule has 328 valence electrons. The molecular formula is C44H44F6N6O6. The Bertz CT molecular complexity index is 2480. The normalized spacial score (nSPS) is 14.9. The Balaban J connectivity index is 0.000000186. The second-order valence-electron chi connectivity index (χ2n) is 15.2. The Morgan fingerprint density at radius 1 is 0.597 bits per heavy atom. The van der Waals surface area contributed by atoms with Gasteiger partial charge in [-0.15, -0.1) is 0 Å². The number of aromatic carboxylic acids is 2. The van der Waals surface area contributed by atoms with Crippen molar-refractivity contribution >= 4 is 45.4 Å². The molecule has 0 saturated carbocycles. The van der Waals surface area contributed by atoms with Crippen LogP contribution in [0.5, 0.6) is 0 Å². The summed E-state index contributed by atoms with van der Waals surface area (Å²) in [5, 5.41) is 19.5. The van der Waals surface area contributed by atoms with Crippen LogP contribution in [0, 0.1) is 27.7 Å². The van der Waals surface area contributed by atoms with E-state index < -0.39 is 35.4 Å². The highest BCUT2D eigenvalue weighted by Crippen LogP contribution is 2.36. The van der Waals surface area contributed by atoms with Crippen LogP contribution in [0.1, 0.15) is 65.7 Å². The Morgan fingerprint density at radius 2 is 0.952 bits per heavy atom. The molecule has 2 aromatic heterocycles. The molecule has 2 N–H and O–H groups in total. The van der Waals surface area contributed by atoms with E-state index in [2.05, 4.69) is 9.97 Å². The molecule has 2 fully saturated rings. The monoisotopic (exact) mass is 866 g/mol. The summed E-state index contributed by atoms with van der Waals surface area (Å²) in [6.07, 6.45) is -8.88. The number of aryl methyl sites for hydroxylation is 2. The molecule has 2 aliphatic heterocycles. The lowest BCUT2D eigenvalue weighted by Crippen LogP contribution is -2.36. The summed E-state index contributed by atoms with van der Waals surface area (Å²) < 4.78 is 94.3. The standard InChI is InChI=1S/2C22H22F3N3O3/c2*1-13-15(4-3-5-18(13)22(23,24)25)12-28-14(2)26-20-17(21(29)30)10-16(11-19(20)28)27-6-8-31-9-7-27/h2*3-5,10-11H,6-9,12H2,1-2H3,(H,29,30). The zero-order chi connectivity index (χ0) is 44.7. The van der Waals surface area contributed by atoms with E-state index in [4.69, 9.17) is 9.47 Å². The van der Waals surface area contributed by atoms with E-state index in [9.17, 15) is 46.1 Å². The zero-order valence-corrected chi connectivity index (χ0v) is 34.3. The van der Waals surface area contributed by atoms with Crippen LogP contribution in [-0.4, -0.2) is 93.9 Å². The Labute approximate surface area is 351 Å². The number of ether oxygens (including phenoxy) is 2. The van der Waals surface area contributed by atoms with E-state index >= 15 is 0 Å². The number of carbonyl (C=O) groups is 2. The number of hydrogen-bond acceptors (Lipinski definition) is 8. The summed E-state index contributed by atoms with van der Waals surface area (Å²) in [5.41, 5.74) is 3.38. The summed E-state index contributed by atoms with van der Waals surface area (Å²) in [6.45, 7) is 11.4. The topological polar surface area (TPSA) is 135 Å². The van der Waals surface area contributed by atoms with Crippen molar-refractivity contribution < 1.29 is 55.6 Å². The fraction of sp³-hybridized carbons (Fsp3) is 0.364. The highest BCUT2D eigenvalue weighted by molar-refractivity contribution is 6.04. The molecule has 0 atom stereocenters. The number of carboxylic acid groups (broad SMARTS) is 2. The zero-order valence-electron chi connectivity index (χ0n) is 34.3. The van der Waals surface area contributed by atoms with Gasteiger partial charge in [0.15, 0.2) is 0 Å². The van der Waals surface area contributed by atoms with Crippen LogP contribution in [0.15, 0.2) is 60.7 Å². The maximum absolute atomic E-state index is 13.3. The molecular weight excluding hydrogens is 823 g/mol. The number of morpholine rings is 2. The molecule has 8 rings (SSSR count). The number of halogens is 6. The second kappa shape index (κ2) is 17.3. The Morgan fingerprint density at radius 3 is 1.27 bits per heavy atom. The number of carboxylic acids is 2. The molecule has 18 heteroatoms. The van der Waals surface area contributed by atoms with Gasteiger partial charge in [0.25, 0.3) is 0 Å². The molecule has 4 aromatic carbocycles. The maximum atomic E-state index is 13.3. The first-order chi connectivity index (χ1) is 29.3. The van der Waals surface area contributed by atoms with Gasteiger partial charge in [-0.3, -0.25) is 0 Å². The van der Waals surface area contributed by atoms with Crippen molar-refractivity contribution in [2.45, 2.75) is 53.1 Å². The first-order valence-electron chi connectivity index (χ1n) is 19.8. The number of aromatic nitrogens is 4. The third-order valence-corrected chi connectivity index (χ3v) is 11.4. The molecule has 4 heterocycles. The minimum absolute atomic E-state index is 0.0709. The molecule has 0 radical (unpaired) electrons. The molecule has 2 aliphatic rings. The summed E-state index contributed by atoms with van der Waals surface area (Å²) >= 11 is 0. The lowest BCUT2D eigenvalue weighted by molar-refractivity contribution is -0.138. The molecule has 62 heavy (non-hydrogen) atoms. The average Bonchev–Trinajstić information content (AvgIpc) is 3.72. The van der Waals surface area contributed by atoms with Gasteiger partial charge >= 0.3 is 24.3 Å². The summed E-state index contributed by atoms with van der Waals surface area (Å²) in [4.78, 5) is 36.8. The quantitative estimate of drug-likeness (QED) is 0.144. The fourth-order valence-electron chi connectivity index (χ4n) is 8.05. The molecule has 0 amide bonds. The molecule has 0 bridgehead atoms. The molecule has 6 aromatic rings. The van der Waals surface area contributed by atoms with E-state index in [1.807, 2.05) is 21.9 Å². The molecule has 12 nitrogen and oxygen atoms in total.